The number of halogens is 5. The molecule has 1 saturated carbocycles. The second-order valence-electron chi connectivity index (χ2n) is 6.70. The van der Waals surface area contributed by atoms with Crippen molar-refractivity contribution < 1.29 is 36.6 Å². The van der Waals surface area contributed by atoms with Gasteiger partial charge in [0.1, 0.15) is 11.6 Å². The summed E-state index contributed by atoms with van der Waals surface area (Å²) in [4.78, 5) is 24.3. The molecule has 2 amide bonds. The lowest BCUT2D eigenvalue weighted by Gasteiger charge is -2.24. The van der Waals surface area contributed by atoms with Crippen molar-refractivity contribution in [1.29, 1.82) is 0 Å². The molecule has 0 saturated heterocycles. The van der Waals surface area contributed by atoms with Crippen molar-refractivity contribution in [2.24, 2.45) is 0 Å². The van der Waals surface area contributed by atoms with E-state index in [1.54, 1.807) is 0 Å². The van der Waals surface area contributed by atoms with E-state index in [4.69, 9.17) is 0 Å². The average molecular weight is 408 g/mol. The highest BCUT2D eigenvalue weighted by molar-refractivity contribution is 5.98. The van der Waals surface area contributed by atoms with Crippen LogP contribution in [0.4, 0.5) is 22.0 Å². The van der Waals surface area contributed by atoms with Crippen molar-refractivity contribution in [1.82, 2.24) is 10.6 Å². The van der Waals surface area contributed by atoms with E-state index in [1.165, 1.54) is 0 Å². The molecular formula is C18H21F5N2O3. The Balaban J connectivity index is 2.11. The van der Waals surface area contributed by atoms with Gasteiger partial charge in [-0.15, -0.1) is 0 Å². The number of nitrogens with one attached hydrogen (secondary N) is 2. The molecule has 1 atom stereocenters. The van der Waals surface area contributed by atoms with Crippen LogP contribution in [0.2, 0.25) is 0 Å². The molecule has 28 heavy (non-hydrogen) atoms. The second kappa shape index (κ2) is 9.81. The zero-order valence-electron chi connectivity index (χ0n) is 15.0. The molecule has 0 radical (unpaired) electrons. The van der Waals surface area contributed by atoms with Crippen LogP contribution in [0, 0.1) is 29.1 Å². The Labute approximate surface area is 158 Å². The van der Waals surface area contributed by atoms with Gasteiger partial charge in [0.25, 0.3) is 5.91 Å². The predicted molar refractivity (Wildman–Crippen MR) is 88.8 cm³/mol. The van der Waals surface area contributed by atoms with Crippen LogP contribution in [0.25, 0.3) is 0 Å². The highest BCUT2D eigenvalue weighted by atomic mass is 19.2. The molecule has 10 heteroatoms. The summed E-state index contributed by atoms with van der Waals surface area (Å²) in [5.74, 6) is -14.1. The summed E-state index contributed by atoms with van der Waals surface area (Å²) in [7, 11) is 0. The summed E-state index contributed by atoms with van der Waals surface area (Å²) in [5, 5.41) is 13.8. The van der Waals surface area contributed by atoms with Gasteiger partial charge in [0, 0.05) is 6.04 Å². The van der Waals surface area contributed by atoms with Gasteiger partial charge in [-0.25, -0.2) is 22.0 Å². The molecule has 0 heterocycles. The molecule has 3 N–H and O–H groups in total. The first-order valence-corrected chi connectivity index (χ1v) is 9.01. The Morgan fingerprint density at radius 3 is 1.82 bits per heavy atom. The molecule has 2 rings (SSSR count). The van der Waals surface area contributed by atoms with Crippen LogP contribution in [0.3, 0.4) is 0 Å². The third-order valence-electron chi connectivity index (χ3n) is 4.69. The maximum absolute atomic E-state index is 13.7. The fraction of sp³-hybridized carbons (Fsp3) is 0.556. The van der Waals surface area contributed by atoms with Crippen molar-refractivity contribution in [2.75, 3.05) is 6.61 Å². The van der Waals surface area contributed by atoms with Crippen molar-refractivity contribution in [3.63, 3.8) is 0 Å². The lowest BCUT2D eigenvalue weighted by atomic mass is 9.96. The minimum absolute atomic E-state index is 0.187. The Bertz CT molecular complexity index is 707. The van der Waals surface area contributed by atoms with E-state index in [1.807, 2.05) is 5.32 Å². The number of benzene rings is 1. The highest BCUT2D eigenvalue weighted by Gasteiger charge is 2.32. The molecule has 156 valence electrons. The summed E-state index contributed by atoms with van der Waals surface area (Å²) in [6.07, 6.45) is 6.35. The van der Waals surface area contributed by atoms with E-state index in [2.05, 4.69) is 5.32 Å². The molecule has 0 bridgehead atoms. The van der Waals surface area contributed by atoms with Crippen molar-refractivity contribution >= 4 is 11.8 Å². The number of carbonyl (C=O) groups is 2. The van der Waals surface area contributed by atoms with E-state index in [9.17, 15) is 36.6 Å². The van der Waals surface area contributed by atoms with E-state index in [-0.39, 0.29) is 6.04 Å². The predicted octanol–water partition coefficient (Wildman–Crippen LogP) is 2.70. The second-order valence-corrected chi connectivity index (χ2v) is 6.70. The largest absolute Gasteiger partial charge is 0.394 e. The number of hydrogen-bond acceptors (Lipinski definition) is 3. The number of aliphatic hydroxyl groups is 1. The van der Waals surface area contributed by atoms with Crippen LogP contribution in [-0.2, 0) is 4.79 Å². The lowest BCUT2D eigenvalue weighted by Crippen LogP contribution is -2.51. The Morgan fingerprint density at radius 1 is 0.857 bits per heavy atom. The van der Waals surface area contributed by atoms with Crippen LogP contribution < -0.4 is 10.6 Å². The number of hydrogen-bond donors (Lipinski definition) is 3. The zero-order chi connectivity index (χ0) is 20.8. The Morgan fingerprint density at radius 2 is 1.32 bits per heavy atom. The molecule has 1 aromatic rings. The van der Waals surface area contributed by atoms with Gasteiger partial charge in [0.15, 0.2) is 23.3 Å². The SMILES string of the molecule is O=C(N[C@@H](CO)C(=O)NC1CCCCCCC1)c1c(F)c(F)c(F)c(F)c1F. The fourth-order valence-corrected chi connectivity index (χ4v) is 3.13. The van der Waals surface area contributed by atoms with Gasteiger partial charge in [0.05, 0.1) is 6.61 Å². The fourth-order valence-electron chi connectivity index (χ4n) is 3.13. The molecule has 0 aliphatic heterocycles. The molecular weight excluding hydrogens is 387 g/mol. The quantitative estimate of drug-likeness (QED) is 0.398. The van der Waals surface area contributed by atoms with Gasteiger partial charge in [-0.05, 0) is 12.8 Å². The number of rotatable bonds is 5. The van der Waals surface area contributed by atoms with Gasteiger partial charge in [-0.3, -0.25) is 9.59 Å². The molecule has 0 aromatic heterocycles. The van der Waals surface area contributed by atoms with Gasteiger partial charge < -0.3 is 15.7 Å². The molecule has 5 nitrogen and oxygen atoms in total. The molecule has 1 fully saturated rings. The van der Waals surface area contributed by atoms with Gasteiger partial charge in [0.2, 0.25) is 11.7 Å². The smallest absolute Gasteiger partial charge is 0.258 e. The monoisotopic (exact) mass is 408 g/mol. The Kier molecular flexibility index (Phi) is 7.73. The molecule has 1 aliphatic rings. The molecule has 1 aliphatic carbocycles. The zero-order valence-corrected chi connectivity index (χ0v) is 15.0. The Hall–Kier alpha value is -2.23. The highest BCUT2D eigenvalue weighted by Crippen LogP contribution is 2.23. The topological polar surface area (TPSA) is 78.4 Å². The summed E-state index contributed by atoms with van der Waals surface area (Å²) in [5.41, 5.74) is -1.71. The van der Waals surface area contributed by atoms with Crippen molar-refractivity contribution in [3.8, 4) is 0 Å². The number of amides is 2. The van der Waals surface area contributed by atoms with Crippen molar-refractivity contribution in [2.45, 2.75) is 57.0 Å². The third kappa shape index (κ3) is 4.98. The number of carbonyl (C=O) groups excluding carboxylic acids is 2. The molecule has 0 spiro atoms. The maximum atomic E-state index is 13.7. The first-order valence-electron chi connectivity index (χ1n) is 9.01. The van der Waals surface area contributed by atoms with Gasteiger partial charge >= 0.3 is 0 Å². The standard InChI is InChI=1S/C18H21F5N2O3/c19-12-11(13(20)15(22)16(23)14(12)21)18(28)25-10(8-26)17(27)24-9-6-4-2-1-3-5-7-9/h9-10,26H,1-8H2,(H,24,27)(H,25,28)/t10-/m0/s1. The van der Waals surface area contributed by atoms with Gasteiger partial charge in [-0.2, -0.15) is 0 Å². The summed E-state index contributed by atoms with van der Waals surface area (Å²) in [6, 6.07) is -1.79. The summed E-state index contributed by atoms with van der Waals surface area (Å²) >= 11 is 0. The van der Waals surface area contributed by atoms with E-state index >= 15 is 0 Å². The summed E-state index contributed by atoms with van der Waals surface area (Å²) < 4.78 is 67.0. The molecule has 0 unspecified atom stereocenters. The normalized spacial score (nSPS) is 16.8. The average Bonchev–Trinajstić information content (AvgIpc) is 2.64. The van der Waals surface area contributed by atoms with Gasteiger partial charge in [-0.1, -0.05) is 32.1 Å². The molecule has 1 aromatic carbocycles. The van der Waals surface area contributed by atoms with Crippen LogP contribution in [0.5, 0.6) is 0 Å². The van der Waals surface area contributed by atoms with Crippen molar-refractivity contribution in [3.05, 3.63) is 34.6 Å². The van der Waals surface area contributed by atoms with E-state index in [0.717, 1.165) is 32.1 Å². The first kappa shape index (κ1) is 22.1. The van der Waals surface area contributed by atoms with Crippen LogP contribution in [-0.4, -0.2) is 35.6 Å². The van der Waals surface area contributed by atoms with E-state index < -0.39 is 59.1 Å². The lowest BCUT2D eigenvalue weighted by molar-refractivity contribution is -0.124. The first-order chi connectivity index (χ1) is 13.3. The van der Waals surface area contributed by atoms with Crippen LogP contribution in [0.15, 0.2) is 0 Å². The minimum atomic E-state index is -2.40. The minimum Gasteiger partial charge on any atom is -0.394 e. The third-order valence-corrected chi connectivity index (χ3v) is 4.69. The number of aliphatic hydroxyl groups excluding tert-OH is 1. The van der Waals surface area contributed by atoms with Crippen LogP contribution >= 0.6 is 0 Å². The van der Waals surface area contributed by atoms with E-state index in [0.29, 0.717) is 12.8 Å². The maximum Gasteiger partial charge on any atom is 0.258 e. The summed E-state index contributed by atoms with van der Waals surface area (Å²) in [6.45, 7) is -0.917. The van der Waals surface area contributed by atoms with Crippen LogP contribution in [0.1, 0.15) is 55.3 Å².